The molecule has 0 aliphatic carbocycles. The molecule has 112 valence electrons. The Morgan fingerprint density at radius 1 is 1.30 bits per heavy atom. The van der Waals surface area contributed by atoms with Crippen LogP contribution < -0.4 is 0 Å². The van der Waals surface area contributed by atoms with Gasteiger partial charge in [-0.15, -0.1) is 0 Å². The third-order valence-corrected chi connectivity index (χ3v) is 4.57. The van der Waals surface area contributed by atoms with Crippen molar-refractivity contribution in [3.8, 4) is 0 Å². The average Bonchev–Trinajstić information content (AvgIpc) is 3.01. The predicted molar refractivity (Wildman–Crippen MR) is 76.9 cm³/mol. The van der Waals surface area contributed by atoms with Gasteiger partial charge in [-0.2, -0.15) is 5.10 Å². The Kier molecular flexibility index (Phi) is 4.10. The molecule has 2 unspecified atom stereocenters. The molecule has 2 saturated heterocycles. The number of hydrogen-bond donors (Lipinski definition) is 0. The second-order valence-corrected chi connectivity index (χ2v) is 5.97. The third-order valence-electron chi connectivity index (χ3n) is 4.57. The average molecular weight is 279 g/mol. The van der Waals surface area contributed by atoms with E-state index in [-0.39, 0.29) is 0 Å². The fourth-order valence-corrected chi connectivity index (χ4v) is 3.34. The Hall–Kier alpha value is -0.910. The second-order valence-electron chi connectivity index (χ2n) is 5.97. The van der Waals surface area contributed by atoms with Gasteiger partial charge in [-0.1, -0.05) is 0 Å². The van der Waals surface area contributed by atoms with Crippen LogP contribution in [0.25, 0.3) is 0 Å². The van der Waals surface area contributed by atoms with Crippen molar-refractivity contribution < 1.29 is 9.47 Å². The number of likely N-dealkylation sites (N-methyl/N-ethyl adjacent to an activating group) is 1. The first kappa shape index (κ1) is 14.0. The van der Waals surface area contributed by atoms with Crippen molar-refractivity contribution in [1.29, 1.82) is 0 Å². The molecule has 5 nitrogen and oxygen atoms in total. The maximum absolute atomic E-state index is 5.73. The zero-order valence-corrected chi connectivity index (χ0v) is 12.8. The van der Waals surface area contributed by atoms with E-state index in [9.17, 15) is 0 Å². The van der Waals surface area contributed by atoms with E-state index >= 15 is 0 Å². The molecule has 5 heteroatoms. The van der Waals surface area contributed by atoms with Crippen LogP contribution in [0, 0.1) is 13.8 Å². The van der Waals surface area contributed by atoms with Crippen LogP contribution in [0.5, 0.6) is 0 Å². The van der Waals surface area contributed by atoms with Gasteiger partial charge in [-0.25, -0.2) is 0 Å². The molecule has 0 saturated carbocycles. The topological polar surface area (TPSA) is 39.5 Å². The smallest absolute Gasteiger partial charge is 0.0771 e. The Balaban J connectivity index is 1.82. The second kappa shape index (κ2) is 5.84. The largest absolute Gasteiger partial charge is 0.378 e. The molecule has 2 aliphatic rings. The van der Waals surface area contributed by atoms with Crippen LogP contribution in [-0.2, 0) is 16.0 Å². The molecule has 0 bridgehead atoms. The molecule has 2 aliphatic heterocycles. The molecule has 0 radical (unpaired) electrons. The van der Waals surface area contributed by atoms with Crippen LogP contribution in [-0.4, -0.2) is 54.2 Å². The minimum absolute atomic E-state index is 0.334. The normalized spacial score (nSPS) is 28.1. The van der Waals surface area contributed by atoms with E-state index in [0.717, 1.165) is 45.0 Å². The lowest BCUT2D eigenvalue weighted by molar-refractivity contribution is 0.00453. The summed E-state index contributed by atoms with van der Waals surface area (Å²) in [5.41, 5.74) is 3.73. The highest BCUT2D eigenvalue weighted by molar-refractivity contribution is 5.29. The fourth-order valence-electron chi connectivity index (χ4n) is 3.34. The number of nitrogens with zero attached hydrogens (tertiary/aromatic N) is 3. The molecule has 0 amide bonds. The minimum Gasteiger partial charge on any atom is -0.378 e. The van der Waals surface area contributed by atoms with Gasteiger partial charge in [0, 0.05) is 24.4 Å². The monoisotopic (exact) mass is 279 g/mol. The predicted octanol–water partition coefficient (Wildman–Crippen LogP) is 1.68. The molecule has 3 rings (SSSR count). The number of aryl methyl sites for hydroxylation is 1. The molecule has 2 atom stereocenters. The summed E-state index contributed by atoms with van der Waals surface area (Å²) in [6.45, 7) is 8.64. The van der Waals surface area contributed by atoms with Crippen molar-refractivity contribution >= 4 is 0 Å². The fraction of sp³-hybridized carbons (Fsp3) is 0.800. The van der Waals surface area contributed by atoms with Crippen molar-refractivity contribution in [3.05, 3.63) is 17.0 Å². The molecule has 3 heterocycles. The summed E-state index contributed by atoms with van der Waals surface area (Å²) in [5, 5.41) is 4.74. The molecular weight excluding hydrogens is 254 g/mol. The van der Waals surface area contributed by atoms with E-state index in [1.54, 1.807) is 0 Å². The molecule has 20 heavy (non-hydrogen) atoms. The third kappa shape index (κ3) is 2.62. The summed E-state index contributed by atoms with van der Waals surface area (Å²) in [4.78, 5) is 2.37. The van der Waals surface area contributed by atoms with E-state index in [1.807, 2.05) is 0 Å². The first-order valence-corrected chi connectivity index (χ1v) is 7.60. The van der Waals surface area contributed by atoms with E-state index in [2.05, 4.69) is 30.5 Å². The molecule has 0 N–H and O–H groups in total. The molecule has 0 aromatic carbocycles. The van der Waals surface area contributed by atoms with Gasteiger partial charge in [0.05, 0.1) is 37.6 Å². The van der Waals surface area contributed by atoms with Gasteiger partial charge >= 0.3 is 0 Å². The standard InChI is InChI=1S/C15H25N3O2/c1-11-15(14-10-19-8-6-17(14)3)12(2)18(16-11)9-13-5-4-7-20-13/h13-14H,4-10H2,1-3H3. The summed E-state index contributed by atoms with van der Waals surface area (Å²) >= 11 is 0. The van der Waals surface area contributed by atoms with Crippen LogP contribution in [0.2, 0.25) is 0 Å². The molecule has 2 fully saturated rings. The van der Waals surface area contributed by atoms with E-state index in [0.29, 0.717) is 12.1 Å². The molecule has 1 aromatic heterocycles. The SMILES string of the molecule is Cc1nn(CC2CCCO2)c(C)c1C1COCCN1C. The van der Waals surface area contributed by atoms with Crippen molar-refractivity contribution in [3.63, 3.8) is 0 Å². The zero-order valence-electron chi connectivity index (χ0n) is 12.8. The Morgan fingerprint density at radius 3 is 2.85 bits per heavy atom. The summed E-state index contributed by atoms with van der Waals surface area (Å²) in [7, 11) is 2.17. The van der Waals surface area contributed by atoms with Gasteiger partial charge in [-0.3, -0.25) is 9.58 Å². The Morgan fingerprint density at radius 2 is 2.15 bits per heavy atom. The highest BCUT2D eigenvalue weighted by Crippen LogP contribution is 2.29. The summed E-state index contributed by atoms with van der Waals surface area (Å²) in [5.74, 6) is 0. The van der Waals surface area contributed by atoms with Crippen molar-refractivity contribution in [2.75, 3.05) is 33.4 Å². The van der Waals surface area contributed by atoms with Gasteiger partial charge in [0.1, 0.15) is 0 Å². The number of hydrogen-bond acceptors (Lipinski definition) is 4. The van der Waals surface area contributed by atoms with Crippen LogP contribution in [0.1, 0.15) is 35.8 Å². The van der Waals surface area contributed by atoms with Gasteiger partial charge in [0.2, 0.25) is 0 Å². The summed E-state index contributed by atoms with van der Waals surface area (Å²) in [6.07, 6.45) is 2.66. The Bertz CT molecular complexity index is 466. The lowest BCUT2D eigenvalue weighted by atomic mass is 10.0. The number of ether oxygens (including phenoxy) is 2. The Labute approximate surface area is 120 Å². The van der Waals surface area contributed by atoms with Crippen molar-refractivity contribution in [1.82, 2.24) is 14.7 Å². The molecular formula is C15H25N3O2. The van der Waals surface area contributed by atoms with Crippen molar-refractivity contribution in [2.45, 2.75) is 45.4 Å². The van der Waals surface area contributed by atoms with E-state index in [4.69, 9.17) is 14.6 Å². The highest BCUT2D eigenvalue weighted by atomic mass is 16.5. The van der Waals surface area contributed by atoms with Crippen molar-refractivity contribution in [2.24, 2.45) is 0 Å². The summed E-state index contributed by atoms with van der Waals surface area (Å²) in [6, 6.07) is 0.335. The van der Waals surface area contributed by atoms with E-state index < -0.39 is 0 Å². The molecule has 0 spiro atoms. The van der Waals surface area contributed by atoms with Crippen LogP contribution in [0.4, 0.5) is 0 Å². The van der Waals surface area contributed by atoms with Gasteiger partial charge in [0.15, 0.2) is 0 Å². The zero-order chi connectivity index (χ0) is 14.1. The lowest BCUT2D eigenvalue weighted by Crippen LogP contribution is -2.37. The lowest BCUT2D eigenvalue weighted by Gasteiger charge is -2.32. The van der Waals surface area contributed by atoms with Gasteiger partial charge < -0.3 is 9.47 Å². The maximum Gasteiger partial charge on any atom is 0.0771 e. The molecule has 1 aromatic rings. The number of aromatic nitrogens is 2. The van der Waals surface area contributed by atoms with Crippen LogP contribution in [0.15, 0.2) is 0 Å². The quantitative estimate of drug-likeness (QED) is 0.844. The summed E-state index contributed by atoms with van der Waals surface area (Å²) < 4.78 is 13.5. The number of morpholine rings is 1. The van der Waals surface area contributed by atoms with Crippen LogP contribution >= 0.6 is 0 Å². The first-order valence-electron chi connectivity index (χ1n) is 7.60. The van der Waals surface area contributed by atoms with Crippen LogP contribution in [0.3, 0.4) is 0 Å². The van der Waals surface area contributed by atoms with Gasteiger partial charge in [-0.05, 0) is 33.7 Å². The number of rotatable bonds is 3. The van der Waals surface area contributed by atoms with Gasteiger partial charge in [0.25, 0.3) is 0 Å². The maximum atomic E-state index is 5.73. The first-order chi connectivity index (χ1) is 9.66. The van der Waals surface area contributed by atoms with E-state index in [1.165, 1.54) is 17.7 Å². The minimum atomic E-state index is 0.334. The highest BCUT2D eigenvalue weighted by Gasteiger charge is 2.28.